The zero-order chi connectivity index (χ0) is 20.4. The van der Waals surface area contributed by atoms with E-state index < -0.39 is 23.8 Å². The molecule has 0 spiro atoms. The number of nitrogens with zero attached hydrogens (tertiary/aromatic N) is 1. The molecule has 29 heavy (non-hydrogen) atoms. The summed E-state index contributed by atoms with van der Waals surface area (Å²) in [5.74, 6) is -1.91. The van der Waals surface area contributed by atoms with Crippen LogP contribution in [0.15, 0.2) is 29.8 Å². The van der Waals surface area contributed by atoms with E-state index in [1.807, 2.05) is 6.07 Å². The van der Waals surface area contributed by atoms with Gasteiger partial charge in [0.25, 0.3) is 11.8 Å². The normalized spacial score (nSPS) is 22.0. The van der Waals surface area contributed by atoms with E-state index in [0.29, 0.717) is 24.2 Å². The van der Waals surface area contributed by atoms with Crippen molar-refractivity contribution in [2.24, 2.45) is 0 Å². The first-order valence-corrected chi connectivity index (χ1v) is 9.99. The van der Waals surface area contributed by atoms with E-state index in [1.165, 1.54) is 5.57 Å². The molecule has 3 N–H and O–H groups in total. The largest absolute Gasteiger partial charge is 0.316 e. The summed E-state index contributed by atoms with van der Waals surface area (Å²) in [5.41, 5.74) is 2.82. The molecular formula is C21H24N4O4. The molecule has 1 atom stereocenters. The van der Waals surface area contributed by atoms with E-state index in [-0.39, 0.29) is 18.7 Å². The lowest BCUT2D eigenvalue weighted by Crippen LogP contribution is -2.54. The van der Waals surface area contributed by atoms with Crippen molar-refractivity contribution < 1.29 is 19.2 Å². The minimum absolute atomic E-state index is 0.114. The number of fused-ring (bicyclic) bond motifs is 1. The summed E-state index contributed by atoms with van der Waals surface area (Å²) in [5, 5.41) is 8.86. The third-order valence-corrected chi connectivity index (χ3v) is 5.65. The molecule has 0 bridgehead atoms. The summed E-state index contributed by atoms with van der Waals surface area (Å²) in [7, 11) is 0. The van der Waals surface area contributed by atoms with Crippen LogP contribution in [0.25, 0.3) is 0 Å². The highest BCUT2D eigenvalue weighted by molar-refractivity contribution is 6.24. The van der Waals surface area contributed by atoms with Gasteiger partial charge in [-0.05, 0) is 44.0 Å². The van der Waals surface area contributed by atoms with Gasteiger partial charge in [-0.25, -0.2) is 0 Å². The van der Waals surface area contributed by atoms with E-state index >= 15 is 0 Å². The predicted octanol–water partition coefficient (Wildman–Crippen LogP) is 0.487. The second-order valence-electron chi connectivity index (χ2n) is 7.53. The van der Waals surface area contributed by atoms with Crippen LogP contribution in [-0.4, -0.2) is 54.2 Å². The summed E-state index contributed by atoms with van der Waals surface area (Å²) < 4.78 is 0. The molecule has 0 radical (unpaired) electrons. The average molecular weight is 396 g/mol. The number of benzene rings is 1. The first-order valence-electron chi connectivity index (χ1n) is 9.99. The van der Waals surface area contributed by atoms with Crippen LogP contribution < -0.4 is 16.0 Å². The molecule has 1 aromatic rings. The summed E-state index contributed by atoms with van der Waals surface area (Å²) in [4.78, 5) is 50.4. The lowest BCUT2D eigenvalue weighted by atomic mass is 10.0. The second kappa shape index (κ2) is 8.26. The zero-order valence-corrected chi connectivity index (χ0v) is 16.1. The Kier molecular flexibility index (Phi) is 5.55. The Balaban J connectivity index is 1.47. The number of nitrogens with one attached hydrogen (secondary N) is 3. The molecule has 3 aliphatic rings. The Labute approximate surface area is 168 Å². The van der Waals surface area contributed by atoms with Crippen LogP contribution in [0.5, 0.6) is 0 Å². The molecule has 4 amide bonds. The van der Waals surface area contributed by atoms with Crippen molar-refractivity contribution in [2.45, 2.75) is 38.3 Å². The molecule has 2 saturated heterocycles. The standard InChI is InChI=1S/C21H24N4O4/c26-17-5-4-16(19(27)24-17)25-20(28)15-3-1-2-14(18(15)21(25)29)12-23-11-8-13-6-9-22-10-7-13/h1-3,8,16,22-23H,4-7,9-12H2,(H,24,26,27). The van der Waals surface area contributed by atoms with Gasteiger partial charge in [-0.3, -0.25) is 29.4 Å². The minimum atomic E-state index is -0.939. The first kappa shape index (κ1) is 19.5. The van der Waals surface area contributed by atoms with E-state index in [9.17, 15) is 19.2 Å². The molecule has 4 rings (SSSR count). The average Bonchev–Trinajstić information content (AvgIpc) is 2.98. The van der Waals surface area contributed by atoms with Crippen molar-refractivity contribution in [3.05, 3.63) is 46.5 Å². The Morgan fingerprint density at radius 3 is 2.62 bits per heavy atom. The van der Waals surface area contributed by atoms with Gasteiger partial charge in [0.2, 0.25) is 11.8 Å². The molecule has 152 valence electrons. The van der Waals surface area contributed by atoms with Gasteiger partial charge in [0.05, 0.1) is 11.1 Å². The highest BCUT2D eigenvalue weighted by Crippen LogP contribution is 2.29. The second-order valence-corrected chi connectivity index (χ2v) is 7.53. The molecule has 2 fully saturated rings. The number of imide groups is 2. The third kappa shape index (κ3) is 3.86. The van der Waals surface area contributed by atoms with Crippen molar-refractivity contribution in [1.82, 2.24) is 20.9 Å². The fourth-order valence-corrected chi connectivity index (χ4v) is 4.11. The Morgan fingerprint density at radius 2 is 1.86 bits per heavy atom. The molecule has 3 heterocycles. The van der Waals surface area contributed by atoms with Gasteiger partial charge in [0, 0.05) is 19.5 Å². The summed E-state index contributed by atoms with van der Waals surface area (Å²) in [6, 6.07) is 4.25. The van der Waals surface area contributed by atoms with E-state index in [4.69, 9.17) is 0 Å². The first-order chi connectivity index (χ1) is 14.1. The molecule has 1 aromatic carbocycles. The van der Waals surface area contributed by atoms with Crippen LogP contribution in [-0.2, 0) is 16.1 Å². The van der Waals surface area contributed by atoms with Gasteiger partial charge in [0.15, 0.2) is 0 Å². The molecule has 0 aromatic heterocycles. The van der Waals surface area contributed by atoms with Gasteiger partial charge in [0.1, 0.15) is 6.04 Å². The molecule has 8 nitrogen and oxygen atoms in total. The van der Waals surface area contributed by atoms with Crippen LogP contribution in [0.1, 0.15) is 52.0 Å². The van der Waals surface area contributed by atoms with Crippen molar-refractivity contribution in [3.8, 4) is 0 Å². The highest BCUT2D eigenvalue weighted by Gasteiger charge is 2.45. The van der Waals surface area contributed by atoms with Gasteiger partial charge < -0.3 is 10.6 Å². The maximum absolute atomic E-state index is 13.0. The number of carbonyl (C=O) groups excluding carboxylic acids is 4. The Morgan fingerprint density at radius 1 is 1.07 bits per heavy atom. The summed E-state index contributed by atoms with van der Waals surface area (Å²) in [6.07, 6.45) is 4.56. The number of rotatable bonds is 5. The molecule has 0 saturated carbocycles. The third-order valence-electron chi connectivity index (χ3n) is 5.65. The van der Waals surface area contributed by atoms with Crippen molar-refractivity contribution in [2.75, 3.05) is 19.6 Å². The molecule has 8 heteroatoms. The number of piperidine rings is 2. The molecule has 1 unspecified atom stereocenters. The monoisotopic (exact) mass is 396 g/mol. The van der Waals surface area contributed by atoms with Crippen molar-refractivity contribution in [3.63, 3.8) is 0 Å². The lowest BCUT2D eigenvalue weighted by molar-refractivity contribution is -0.136. The van der Waals surface area contributed by atoms with Gasteiger partial charge >= 0.3 is 0 Å². The maximum atomic E-state index is 13.0. The number of amides is 4. The van der Waals surface area contributed by atoms with E-state index in [1.54, 1.807) is 12.1 Å². The summed E-state index contributed by atoms with van der Waals surface area (Å²) in [6.45, 7) is 3.15. The number of carbonyl (C=O) groups is 4. The van der Waals surface area contributed by atoms with Crippen LogP contribution in [0.3, 0.4) is 0 Å². The van der Waals surface area contributed by atoms with E-state index in [0.717, 1.165) is 36.4 Å². The van der Waals surface area contributed by atoms with Crippen LogP contribution in [0, 0.1) is 0 Å². The van der Waals surface area contributed by atoms with Gasteiger partial charge in [-0.15, -0.1) is 0 Å². The van der Waals surface area contributed by atoms with Gasteiger partial charge in [-0.2, -0.15) is 0 Å². The summed E-state index contributed by atoms with van der Waals surface area (Å²) >= 11 is 0. The van der Waals surface area contributed by atoms with E-state index in [2.05, 4.69) is 22.0 Å². The Hall–Kier alpha value is -2.84. The lowest BCUT2D eigenvalue weighted by Gasteiger charge is -2.27. The van der Waals surface area contributed by atoms with Crippen LogP contribution in [0.2, 0.25) is 0 Å². The maximum Gasteiger partial charge on any atom is 0.262 e. The van der Waals surface area contributed by atoms with Crippen molar-refractivity contribution in [1.29, 1.82) is 0 Å². The Bertz CT molecular complexity index is 900. The topological polar surface area (TPSA) is 108 Å². The molecule has 0 aliphatic carbocycles. The van der Waals surface area contributed by atoms with Crippen molar-refractivity contribution >= 4 is 23.6 Å². The highest BCUT2D eigenvalue weighted by atomic mass is 16.2. The van der Waals surface area contributed by atoms with Gasteiger partial charge in [-0.1, -0.05) is 23.8 Å². The predicted molar refractivity (Wildman–Crippen MR) is 105 cm³/mol. The SMILES string of the molecule is O=C1CCC(N2C(=O)c3cccc(CNCC=C4CCNCC4)c3C2=O)C(=O)N1. The fraction of sp³-hybridized carbons (Fsp3) is 0.429. The molecular weight excluding hydrogens is 372 g/mol. The number of hydrogen-bond donors (Lipinski definition) is 3. The fourth-order valence-electron chi connectivity index (χ4n) is 4.11. The minimum Gasteiger partial charge on any atom is -0.316 e. The zero-order valence-electron chi connectivity index (χ0n) is 16.1. The quantitative estimate of drug-likeness (QED) is 0.380. The van der Waals surface area contributed by atoms with Crippen LogP contribution >= 0.6 is 0 Å². The molecule has 3 aliphatic heterocycles. The number of hydrogen-bond acceptors (Lipinski definition) is 6. The smallest absolute Gasteiger partial charge is 0.262 e. The van der Waals surface area contributed by atoms with Crippen LogP contribution in [0.4, 0.5) is 0 Å².